The van der Waals surface area contributed by atoms with Gasteiger partial charge in [-0.3, -0.25) is 10.2 Å². The molecule has 1 heterocycles. The molecule has 3 N–H and O–H groups in total. The maximum atomic E-state index is 6.14. The molecule has 1 unspecified atom stereocenters. The lowest BCUT2D eigenvalue weighted by atomic mass is 9.95. The van der Waals surface area contributed by atoms with E-state index in [0.29, 0.717) is 6.04 Å². The predicted molar refractivity (Wildman–Crippen MR) is 65.2 cm³/mol. The van der Waals surface area contributed by atoms with E-state index in [1.165, 1.54) is 32.1 Å². The molecule has 2 aliphatic rings. The van der Waals surface area contributed by atoms with Gasteiger partial charge < -0.3 is 10.5 Å². The molecule has 0 aromatic carbocycles. The molecular weight excluding hydrogens is 202 g/mol. The summed E-state index contributed by atoms with van der Waals surface area (Å²) in [5.41, 5.74) is 6.14. The Balaban J connectivity index is 1.64. The second-order valence-electron chi connectivity index (χ2n) is 5.02. The zero-order chi connectivity index (χ0) is 11.2. The van der Waals surface area contributed by atoms with Gasteiger partial charge in [0, 0.05) is 25.7 Å². The average Bonchev–Trinajstić information content (AvgIpc) is 2.31. The third-order valence-electron chi connectivity index (χ3n) is 3.61. The highest BCUT2D eigenvalue weighted by molar-refractivity contribution is 4.77. The maximum absolute atomic E-state index is 6.14. The van der Waals surface area contributed by atoms with Gasteiger partial charge in [0.25, 0.3) is 0 Å². The van der Waals surface area contributed by atoms with Crippen LogP contribution < -0.4 is 11.1 Å². The van der Waals surface area contributed by atoms with Crippen LogP contribution in [0, 0.1) is 0 Å². The summed E-state index contributed by atoms with van der Waals surface area (Å²) in [6.45, 7) is 4.73. The topological polar surface area (TPSA) is 50.5 Å². The summed E-state index contributed by atoms with van der Waals surface area (Å²) in [5.74, 6) is 0. The van der Waals surface area contributed by atoms with Gasteiger partial charge in [0.2, 0.25) is 0 Å². The van der Waals surface area contributed by atoms with Crippen molar-refractivity contribution < 1.29 is 4.74 Å². The van der Waals surface area contributed by atoms with Crippen LogP contribution in [0.1, 0.15) is 32.1 Å². The minimum Gasteiger partial charge on any atom is -0.379 e. The van der Waals surface area contributed by atoms with E-state index in [1.54, 1.807) is 0 Å². The first kappa shape index (κ1) is 12.3. The summed E-state index contributed by atoms with van der Waals surface area (Å²) >= 11 is 0. The summed E-state index contributed by atoms with van der Waals surface area (Å²) in [5, 5.41) is 3.56. The van der Waals surface area contributed by atoms with Crippen molar-refractivity contribution in [1.29, 1.82) is 0 Å². The van der Waals surface area contributed by atoms with Crippen molar-refractivity contribution in [1.82, 2.24) is 10.2 Å². The normalized spacial score (nSPS) is 26.8. The number of hydrogen-bond donors (Lipinski definition) is 2. The lowest BCUT2D eigenvalue weighted by Crippen LogP contribution is -2.53. The molecule has 1 aliphatic heterocycles. The fourth-order valence-corrected chi connectivity index (χ4v) is 2.69. The Morgan fingerprint density at radius 1 is 1.19 bits per heavy atom. The summed E-state index contributed by atoms with van der Waals surface area (Å²) in [7, 11) is 0. The average molecular weight is 227 g/mol. The second-order valence-corrected chi connectivity index (χ2v) is 5.02. The molecule has 1 saturated heterocycles. The highest BCUT2D eigenvalue weighted by Gasteiger charge is 2.18. The molecule has 2 rings (SSSR count). The van der Waals surface area contributed by atoms with Crippen LogP contribution in [0.25, 0.3) is 0 Å². The first-order valence-corrected chi connectivity index (χ1v) is 6.66. The van der Waals surface area contributed by atoms with Gasteiger partial charge in [0.1, 0.15) is 0 Å². The van der Waals surface area contributed by atoms with Crippen LogP contribution in [-0.4, -0.2) is 50.0 Å². The van der Waals surface area contributed by atoms with E-state index < -0.39 is 0 Å². The van der Waals surface area contributed by atoms with Crippen LogP contribution in [0.5, 0.6) is 0 Å². The molecule has 0 bridgehead atoms. The molecule has 0 amide bonds. The van der Waals surface area contributed by atoms with E-state index in [2.05, 4.69) is 10.2 Å². The van der Waals surface area contributed by atoms with E-state index >= 15 is 0 Å². The molecule has 4 nitrogen and oxygen atoms in total. The molecule has 0 radical (unpaired) electrons. The zero-order valence-corrected chi connectivity index (χ0v) is 10.2. The Labute approximate surface area is 98.5 Å². The highest BCUT2D eigenvalue weighted by Crippen LogP contribution is 2.17. The second kappa shape index (κ2) is 6.55. The van der Waals surface area contributed by atoms with Crippen molar-refractivity contribution in [3.63, 3.8) is 0 Å². The van der Waals surface area contributed by atoms with Crippen LogP contribution in [0.15, 0.2) is 0 Å². The van der Waals surface area contributed by atoms with Crippen LogP contribution in [0.2, 0.25) is 0 Å². The maximum Gasteiger partial charge on any atom is 0.0679 e. The Kier molecular flexibility index (Phi) is 5.03. The molecule has 4 heteroatoms. The van der Waals surface area contributed by atoms with Gasteiger partial charge in [-0.25, -0.2) is 0 Å². The standard InChI is InChI=1S/C12H25N3O/c13-12(10-15-6-8-16-9-7-15)14-11-4-2-1-3-5-11/h11-12,14H,1-10,13H2. The van der Waals surface area contributed by atoms with Crippen molar-refractivity contribution in [3.05, 3.63) is 0 Å². The molecule has 1 atom stereocenters. The van der Waals surface area contributed by atoms with Gasteiger partial charge >= 0.3 is 0 Å². The summed E-state index contributed by atoms with van der Waals surface area (Å²) < 4.78 is 5.33. The Morgan fingerprint density at radius 2 is 1.88 bits per heavy atom. The van der Waals surface area contributed by atoms with E-state index in [0.717, 1.165) is 32.8 Å². The highest BCUT2D eigenvalue weighted by atomic mass is 16.5. The molecule has 16 heavy (non-hydrogen) atoms. The van der Waals surface area contributed by atoms with Crippen LogP contribution >= 0.6 is 0 Å². The number of ether oxygens (including phenoxy) is 1. The van der Waals surface area contributed by atoms with Crippen LogP contribution in [0.3, 0.4) is 0 Å². The molecule has 1 aliphatic carbocycles. The van der Waals surface area contributed by atoms with Crippen LogP contribution in [0.4, 0.5) is 0 Å². The van der Waals surface area contributed by atoms with E-state index in [1.807, 2.05) is 0 Å². The number of nitrogens with two attached hydrogens (primary N) is 1. The fourth-order valence-electron chi connectivity index (χ4n) is 2.69. The smallest absolute Gasteiger partial charge is 0.0679 e. The predicted octanol–water partition coefficient (Wildman–Crippen LogP) is 0.526. The number of hydrogen-bond acceptors (Lipinski definition) is 4. The largest absolute Gasteiger partial charge is 0.379 e. The summed E-state index contributed by atoms with van der Waals surface area (Å²) in [6.07, 6.45) is 6.86. The molecule has 0 aromatic heterocycles. The van der Waals surface area contributed by atoms with Gasteiger partial charge in [-0.05, 0) is 12.8 Å². The molecule has 1 saturated carbocycles. The van der Waals surface area contributed by atoms with Crippen molar-refractivity contribution in [2.75, 3.05) is 32.8 Å². The quantitative estimate of drug-likeness (QED) is 0.688. The first-order chi connectivity index (χ1) is 7.84. The molecule has 94 valence electrons. The number of morpholine rings is 1. The van der Waals surface area contributed by atoms with Crippen molar-refractivity contribution in [3.8, 4) is 0 Å². The van der Waals surface area contributed by atoms with E-state index in [-0.39, 0.29) is 6.17 Å². The summed E-state index contributed by atoms with van der Waals surface area (Å²) in [6, 6.07) is 0.657. The van der Waals surface area contributed by atoms with Crippen molar-refractivity contribution in [2.45, 2.75) is 44.3 Å². The first-order valence-electron chi connectivity index (χ1n) is 6.66. The lowest BCUT2D eigenvalue weighted by molar-refractivity contribution is 0.0329. The van der Waals surface area contributed by atoms with Gasteiger partial charge in [-0.1, -0.05) is 19.3 Å². The van der Waals surface area contributed by atoms with Gasteiger partial charge in [-0.15, -0.1) is 0 Å². The molecular formula is C12H25N3O. The van der Waals surface area contributed by atoms with Gasteiger partial charge in [0.15, 0.2) is 0 Å². The number of nitrogens with one attached hydrogen (secondary N) is 1. The zero-order valence-electron chi connectivity index (χ0n) is 10.2. The molecule has 2 fully saturated rings. The van der Waals surface area contributed by atoms with Crippen molar-refractivity contribution >= 4 is 0 Å². The summed E-state index contributed by atoms with van der Waals surface area (Å²) in [4.78, 5) is 2.39. The van der Waals surface area contributed by atoms with E-state index in [4.69, 9.17) is 10.5 Å². The molecule has 0 aromatic rings. The van der Waals surface area contributed by atoms with Crippen molar-refractivity contribution in [2.24, 2.45) is 5.73 Å². The Hall–Kier alpha value is -0.160. The van der Waals surface area contributed by atoms with E-state index in [9.17, 15) is 0 Å². The lowest BCUT2D eigenvalue weighted by Gasteiger charge is -2.32. The Morgan fingerprint density at radius 3 is 2.56 bits per heavy atom. The number of rotatable bonds is 4. The van der Waals surface area contributed by atoms with Gasteiger partial charge in [0.05, 0.1) is 19.4 Å². The fraction of sp³-hybridized carbons (Fsp3) is 1.00. The minimum atomic E-state index is 0.126. The van der Waals surface area contributed by atoms with Crippen LogP contribution in [-0.2, 0) is 4.74 Å². The number of nitrogens with zero attached hydrogens (tertiary/aromatic N) is 1. The monoisotopic (exact) mass is 227 g/mol. The van der Waals surface area contributed by atoms with Gasteiger partial charge in [-0.2, -0.15) is 0 Å². The SMILES string of the molecule is NC(CN1CCOCC1)NC1CCCCC1. The molecule has 0 spiro atoms. The third-order valence-corrected chi connectivity index (χ3v) is 3.61. The third kappa shape index (κ3) is 4.01. The Bertz CT molecular complexity index is 169. The minimum absolute atomic E-state index is 0.126.